The molecule has 1 aromatic rings. The molecule has 1 aromatic carbocycles. The first-order valence-corrected chi connectivity index (χ1v) is 6.48. The predicted molar refractivity (Wildman–Crippen MR) is 82.0 cm³/mol. The number of amides is 1. The van der Waals surface area contributed by atoms with Crippen LogP contribution in [0.2, 0.25) is 0 Å². The van der Waals surface area contributed by atoms with Gasteiger partial charge in [0.15, 0.2) is 5.11 Å². The van der Waals surface area contributed by atoms with E-state index in [1.54, 1.807) is 26.8 Å². The van der Waals surface area contributed by atoms with Crippen LogP contribution in [0.15, 0.2) is 18.2 Å². The third-order valence-corrected chi connectivity index (χ3v) is 2.85. The van der Waals surface area contributed by atoms with Crippen LogP contribution in [-0.2, 0) is 4.79 Å². The fourth-order valence-corrected chi connectivity index (χ4v) is 1.54. The maximum Gasteiger partial charge on any atom is 0.335 e. The number of hydrogen-bond donors (Lipinski definition) is 3. The molecule has 0 aromatic heterocycles. The topological polar surface area (TPSA) is 78.4 Å². The van der Waals surface area contributed by atoms with E-state index in [1.807, 2.05) is 6.92 Å². The summed E-state index contributed by atoms with van der Waals surface area (Å²) in [6.45, 7) is 7.16. The molecule has 1 rings (SSSR count). The lowest BCUT2D eigenvalue weighted by Crippen LogP contribution is -2.41. The van der Waals surface area contributed by atoms with Crippen molar-refractivity contribution in [3.8, 4) is 0 Å². The third-order valence-electron chi connectivity index (χ3n) is 2.64. The molecule has 20 heavy (non-hydrogen) atoms. The Morgan fingerprint density at radius 3 is 2.35 bits per heavy atom. The van der Waals surface area contributed by atoms with Gasteiger partial charge >= 0.3 is 5.97 Å². The molecule has 0 aliphatic heterocycles. The molecule has 0 atom stereocenters. The van der Waals surface area contributed by atoms with Crippen molar-refractivity contribution in [2.75, 3.05) is 5.32 Å². The summed E-state index contributed by atoms with van der Waals surface area (Å²) in [6, 6.07) is 4.67. The van der Waals surface area contributed by atoms with Gasteiger partial charge in [-0.05, 0) is 36.8 Å². The lowest BCUT2D eigenvalue weighted by Gasteiger charge is -2.19. The Bertz CT molecular complexity index is 562. The van der Waals surface area contributed by atoms with Crippen molar-refractivity contribution in [3.05, 3.63) is 29.3 Å². The van der Waals surface area contributed by atoms with Crippen LogP contribution in [0, 0.1) is 12.3 Å². The number of carboxylic acids is 1. The number of carbonyl (C=O) groups excluding carboxylic acids is 1. The van der Waals surface area contributed by atoms with Crippen LogP contribution < -0.4 is 10.6 Å². The van der Waals surface area contributed by atoms with E-state index in [1.165, 1.54) is 12.1 Å². The van der Waals surface area contributed by atoms with Crippen LogP contribution in [0.3, 0.4) is 0 Å². The van der Waals surface area contributed by atoms with Crippen LogP contribution in [0.4, 0.5) is 5.69 Å². The third kappa shape index (κ3) is 4.31. The molecule has 0 radical (unpaired) electrons. The SMILES string of the molecule is Cc1ccc(C(=O)O)cc1NC(=S)NC(=O)C(C)(C)C. The number of aromatic carboxylic acids is 1. The monoisotopic (exact) mass is 294 g/mol. The van der Waals surface area contributed by atoms with E-state index in [2.05, 4.69) is 10.6 Å². The molecule has 0 saturated heterocycles. The number of carboxylic acid groups (broad SMARTS) is 1. The molecule has 0 unspecified atom stereocenters. The summed E-state index contributed by atoms with van der Waals surface area (Å²) in [4.78, 5) is 22.7. The molecule has 5 nitrogen and oxygen atoms in total. The number of thiocarbonyl (C=S) groups is 1. The number of benzene rings is 1. The number of hydrogen-bond acceptors (Lipinski definition) is 3. The molecule has 0 aliphatic rings. The van der Waals surface area contributed by atoms with Crippen molar-refractivity contribution in [1.29, 1.82) is 0 Å². The average Bonchev–Trinajstić information content (AvgIpc) is 2.30. The Kier molecular flexibility index (Phi) is 4.83. The van der Waals surface area contributed by atoms with Gasteiger partial charge in [0.1, 0.15) is 0 Å². The second-order valence-electron chi connectivity index (χ2n) is 5.49. The predicted octanol–water partition coefficient (Wildman–Crippen LogP) is 2.55. The van der Waals surface area contributed by atoms with Gasteiger partial charge in [-0.15, -0.1) is 0 Å². The molecule has 6 heteroatoms. The molecule has 0 bridgehead atoms. The van der Waals surface area contributed by atoms with Crippen LogP contribution >= 0.6 is 12.2 Å². The highest BCUT2D eigenvalue weighted by Gasteiger charge is 2.22. The van der Waals surface area contributed by atoms with Gasteiger partial charge in [-0.1, -0.05) is 26.8 Å². The molecule has 3 N–H and O–H groups in total. The summed E-state index contributed by atoms with van der Waals surface area (Å²) in [5, 5.41) is 14.5. The van der Waals surface area contributed by atoms with Crippen LogP contribution in [-0.4, -0.2) is 22.1 Å². The van der Waals surface area contributed by atoms with E-state index >= 15 is 0 Å². The van der Waals surface area contributed by atoms with Gasteiger partial charge in [0.2, 0.25) is 5.91 Å². The Morgan fingerprint density at radius 1 is 1.25 bits per heavy atom. The van der Waals surface area contributed by atoms with Gasteiger partial charge in [-0.25, -0.2) is 4.79 Å². The quantitative estimate of drug-likeness (QED) is 0.731. The first-order valence-electron chi connectivity index (χ1n) is 6.07. The van der Waals surface area contributed by atoms with Crippen molar-refractivity contribution in [1.82, 2.24) is 5.32 Å². The fraction of sp³-hybridized carbons (Fsp3) is 0.357. The van der Waals surface area contributed by atoms with E-state index in [9.17, 15) is 9.59 Å². The molecular formula is C14H18N2O3S. The minimum atomic E-state index is -1.02. The molecule has 0 saturated carbocycles. The summed E-state index contributed by atoms with van der Waals surface area (Å²) in [5.74, 6) is -1.22. The van der Waals surface area contributed by atoms with Gasteiger partial charge in [0.25, 0.3) is 0 Å². The van der Waals surface area contributed by atoms with Crippen molar-refractivity contribution in [2.24, 2.45) is 5.41 Å². The number of rotatable bonds is 2. The van der Waals surface area contributed by atoms with Gasteiger partial charge in [-0.2, -0.15) is 0 Å². The molecular weight excluding hydrogens is 276 g/mol. The minimum Gasteiger partial charge on any atom is -0.478 e. The summed E-state index contributed by atoms with van der Waals surface area (Å²) < 4.78 is 0. The minimum absolute atomic E-state index is 0.149. The Morgan fingerprint density at radius 2 is 1.85 bits per heavy atom. The maximum atomic E-state index is 11.8. The largest absolute Gasteiger partial charge is 0.478 e. The van der Waals surface area contributed by atoms with E-state index in [0.29, 0.717) is 5.69 Å². The van der Waals surface area contributed by atoms with E-state index in [-0.39, 0.29) is 16.6 Å². The smallest absolute Gasteiger partial charge is 0.335 e. The Balaban J connectivity index is 2.83. The highest BCUT2D eigenvalue weighted by atomic mass is 32.1. The maximum absolute atomic E-state index is 11.8. The van der Waals surface area contributed by atoms with Crippen molar-refractivity contribution in [2.45, 2.75) is 27.7 Å². The van der Waals surface area contributed by atoms with Crippen molar-refractivity contribution >= 4 is 34.9 Å². The van der Waals surface area contributed by atoms with E-state index in [0.717, 1.165) is 5.56 Å². The zero-order valence-electron chi connectivity index (χ0n) is 11.9. The zero-order chi connectivity index (χ0) is 15.5. The van der Waals surface area contributed by atoms with Crippen LogP contribution in [0.1, 0.15) is 36.7 Å². The normalized spacial score (nSPS) is 10.8. The Labute approximate surface area is 123 Å². The summed E-state index contributed by atoms with van der Waals surface area (Å²) in [7, 11) is 0. The second kappa shape index (κ2) is 6.00. The molecule has 108 valence electrons. The number of aryl methyl sites for hydroxylation is 1. The summed E-state index contributed by atoms with van der Waals surface area (Å²) in [5.41, 5.74) is 0.999. The number of carbonyl (C=O) groups is 2. The highest BCUT2D eigenvalue weighted by Crippen LogP contribution is 2.17. The standard InChI is InChI=1S/C14H18N2O3S/c1-8-5-6-9(11(17)18)7-10(8)15-13(20)16-12(19)14(2,3)4/h5-7H,1-4H3,(H,17,18)(H2,15,16,19,20). The zero-order valence-corrected chi connectivity index (χ0v) is 12.7. The molecule has 0 aliphatic carbocycles. The lowest BCUT2D eigenvalue weighted by atomic mass is 9.96. The number of nitrogens with one attached hydrogen (secondary N) is 2. The van der Waals surface area contributed by atoms with Crippen molar-refractivity contribution in [3.63, 3.8) is 0 Å². The molecule has 0 spiro atoms. The van der Waals surface area contributed by atoms with E-state index < -0.39 is 11.4 Å². The van der Waals surface area contributed by atoms with Crippen molar-refractivity contribution < 1.29 is 14.7 Å². The number of anilines is 1. The first kappa shape index (κ1) is 16.1. The molecule has 0 heterocycles. The van der Waals surface area contributed by atoms with Crippen LogP contribution in [0.25, 0.3) is 0 Å². The molecule has 1 amide bonds. The average molecular weight is 294 g/mol. The van der Waals surface area contributed by atoms with Gasteiger partial charge in [0, 0.05) is 11.1 Å². The fourth-order valence-electron chi connectivity index (χ4n) is 1.33. The van der Waals surface area contributed by atoms with E-state index in [4.69, 9.17) is 17.3 Å². The summed E-state index contributed by atoms with van der Waals surface area (Å²) in [6.07, 6.45) is 0. The summed E-state index contributed by atoms with van der Waals surface area (Å²) >= 11 is 5.06. The van der Waals surface area contributed by atoms with Crippen LogP contribution in [0.5, 0.6) is 0 Å². The Hall–Kier alpha value is -1.95. The molecule has 0 fully saturated rings. The van der Waals surface area contributed by atoms with Gasteiger partial charge in [-0.3, -0.25) is 4.79 Å². The van der Waals surface area contributed by atoms with Gasteiger partial charge in [0.05, 0.1) is 5.56 Å². The second-order valence-corrected chi connectivity index (χ2v) is 5.90. The highest BCUT2D eigenvalue weighted by molar-refractivity contribution is 7.80. The first-order chi connectivity index (χ1) is 9.11. The lowest BCUT2D eigenvalue weighted by molar-refractivity contribution is -0.126. The van der Waals surface area contributed by atoms with Gasteiger partial charge < -0.3 is 15.7 Å².